The first-order valence-electron chi connectivity index (χ1n) is 3.07. The molecule has 0 aromatic heterocycles. The molecule has 0 aromatic carbocycles. The lowest BCUT2D eigenvalue weighted by molar-refractivity contribution is -0.424. The molecule has 0 aliphatic heterocycles. The Bertz CT molecular complexity index is 197. The van der Waals surface area contributed by atoms with Gasteiger partial charge in [-0.25, -0.2) is 4.79 Å². The highest BCUT2D eigenvalue weighted by atomic mass is 16.6. The molecule has 0 aliphatic rings. The quantitative estimate of drug-likeness (QED) is 0.263. The first-order valence-corrected chi connectivity index (χ1v) is 3.07. The summed E-state index contributed by atoms with van der Waals surface area (Å²) >= 11 is 0. The molecule has 11 heavy (non-hydrogen) atoms. The van der Waals surface area contributed by atoms with E-state index in [1.165, 1.54) is 6.92 Å². The maximum absolute atomic E-state index is 10.6. The Morgan fingerprint density at radius 1 is 1.73 bits per heavy atom. The van der Waals surface area contributed by atoms with Crippen LogP contribution in [-0.2, 0) is 9.53 Å². The number of hydrogen-bond acceptors (Lipinski definition) is 4. The van der Waals surface area contributed by atoms with Gasteiger partial charge in [-0.2, -0.15) is 0 Å². The number of rotatable bonds is 3. The molecule has 0 fully saturated rings. The van der Waals surface area contributed by atoms with Crippen molar-refractivity contribution in [2.45, 2.75) is 13.8 Å². The van der Waals surface area contributed by atoms with Crippen LogP contribution in [-0.4, -0.2) is 17.5 Å². The fourth-order valence-electron chi connectivity index (χ4n) is 0.407. The monoisotopic (exact) mass is 159 g/mol. The maximum Gasteiger partial charge on any atom is 0.337 e. The summed E-state index contributed by atoms with van der Waals surface area (Å²) in [5.74, 6) is -0.679. The molecule has 0 spiro atoms. The highest BCUT2D eigenvalue weighted by Crippen LogP contribution is 1.93. The molecule has 62 valence electrons. The molecule has 0 aromatic rings. The minimum atomic E-state index is -0.679. The standard InChI is InChI=1S/C6H9NO4/c1-3-11-6(8)4-5(2)7(9)10/h4H,3H2,1-2H3/b5-4-. The van der Waals surface area contributed by atoms with Gasteiger partial charge in [-0.3, -0.25) is 10.1 Å². The number of ether oxygens (including phenoxy) is 1. The summed E-state index contributed by atoms with van der Waals surface area (Å²) in [6, 6.07) is 0. The van der Waals surface area contributed by atoms with Crippen LogP contribution in [0.5, 0.6) is 0 Å². The van der Waals surface area contributed by atoms with Crippen LogP contribution < -0.4 is 0 Å². The lowest BCUT2D eigenvalue weighted by atomic mass is 10.4. The van der Waals surface area contributed by atoms with Crippen molar-refractivity contribution in [2.24, 2.45) is 0 Å². The molecule has 0 N–H and O–H groups in total. The Kier molecular flexibility index (Phi) is 3.87. The van der Waals surface area contributed by atoms with E-state index in [4.69, 9.17) is 0 Å². The molecule has 0 saturated carbocycles. The minimum absolute atomic E-state index is 0.219. The fraction of sp³-hybridized carbons (Fsp3) is 0.500. The molecular weight excluding hydrogens is 150 g/mol. The molecule has 0 radical (unpaired) electrons. The van der Waals surface area contributed by atoms with Gasteiger partial charge in [-0.05, 0) is 6.92 Å². The van der Waals surface area contributed by atoms with Crippen molar-refractivity contribution in [3.8, 4) is 0 Å². The fourth-order valence-corrected chi connectivity index (χ4v) is 0.407. The Morgan fingerprint density at radius 2 is 2.27 bits per heavy atom. The third-order valence-corrected chi connectivity index (χ3v) is 0.901. The van der Waals surface area contributed by atoms with E-state index in [-0.39, 0.29) is 12.3 Å². The number of nitrogens with zero attached hydrogens (tertiary/aromatic N) is 1. The Hall–Kier alpha value is -1.39. The van der Waals surface area contributed by atoms with Crippen molar-refractivity contribution in [3.05, 3.63) is 21.9 Å². The van der Waals surface area contributed by atoms with Crippen LogP contribution in [0.3, 0.4) is 0 Å². The molecule has 0 unspecified atom stereocenters. The van der Waals surface area contributed by atoms with Gasteiger partial charge in [0, 0.05) is 6.92 Å². The van der Waals surface area contributed by atoms with Crippen LogP contribution in [0.4, 0.5) is 0 Å². The Morgan fingerprint density at radius 3 is 2.64 bits per heavy atom. The van der Waals surface area contributed by atoms with Crippen molar-refractivity contribution in [1.29, 1.82) is 0 Å². The van der Waals surface area contributed by atoms with E-state index < -0.39 is 10.9 Å². The largest absolute Gasteiger partial charge is 0.463 e. The van der Waals surface area contributed by atoms with E-state index in [2.05, 4.69) is 4.74 Å². The van der Waals surface area contributed by atoms with Crippen molar-refractivity contribution in [1.82, 2.24) is 0 Å². The number of carbonyl (C=O) groups is 1. The van der Waals surface area contributed by atoms with Gasteiger partial charge in [0.25, 0.3) is 0 Å². The summed E-state index contributed by atoms with van der Waals surface area (Å²) in [6.45, 7) is 3.09. The molecule has 0 bridgehead atoms. The number of carbonyl (C=O) groups excluding carboxylic acids is 1. The third kappa shape index (κ3) is 4.07. The average molecular weight is 159 g/mol. The highest BCUT2D eigenvalue weighted by Gasteiger charge is 2.05. The molecule has 0 rings (SSSR count). The first-order chi connectivity index (χ1) is 5.07. The Balaban J connectivity index is 4.08. The van der Waals surface area contributed by atoms with E-state index in [0.717, 1.165) is 6.08 Å². The highest BCUT2D eigenvalue weighted by molar-refractivity contribution is 5.82. The van der Waals surface area contributed by atoms with Gasteiger partial charge in [0.1, 0.15) is 0 Å². The van der Waals surface area contributed by atoms with Crippen molar-refractivity contribution in [2.75, 3.05) is 6.61 Å². The van der Waals surface area contributed by atoms with Crippen LogP contribution in [0, 0.1) is 10.1 Å². The summed E-state index contributed by atoms with van der Waals surface area (Å²) in [6.07, 6.45) is 0.851. The van der Waals surface area contributed by atoms with Crippen LogP contribution in [0.1, 0.15) is 13.8 Å². The van der Waals surface area contributed by atoms with Gasteiger partial charge in [0.2, 0.25) is 5.70 Å². The van der Waals surface area contributed by atoms with E-state index in [1.807, 2.05) is 0 Å². The average Bonchev–Trinajstić information content (AvgIpc) is 1.87. The second kappa shape index (κ2) is 4.43. The van der Waals surface area contributed by atoms with E-state index in [1.54, 1.807) is 6.92 Å². The predicted molar refractivity (Wildman–Crippen MR) is 37.4 cm³/mol. The summed E-state index contributed by atoms with van der Waals surface area (Å²) in [5.41, 5.74) is -0.219. The van der Waals surface area contributed by atoms with Crippen molar-refractivity contribution in [3.63, 3.8) is 0 Å². The summed E-state index contributed by atoms with van der Waals surface area (Å²) < 4.78 is 4.44. The molecule has 5 nitrogen and oxygen atoms in total. The Labute approximate surface area is 63.8 Å². The molecular formula is C6H9NO4. The molecule has 0 amide bonds. The van der Waals surface area contributed by atoms with Gasteiger partial charge >= 0.3 is 5.97 Å². The molecule has 0 aliphatic carbocycles. The second-order valence-corrected chi connectivity index (χ2v) is 1.79. The topological polar surface area (TPSA) is 69.4 Å². The van der Waals surface area contributed by atoms with Crippen LogP contribution in [0.25, 0.3) is 0 Å². The van der Waals surface area contributed by atoms with Gasteiger partial charge in [-0.15, -0.1) is 0 Å². The summed E-state index contributed by atoms with van der Waals surface area (Å²) in [5, 5.41) is 9.97. The van der Waals surface area contributed by atoms with Crippen LogP contribution in [0.15, 0.2) is 11.8 Å². The van der Waals surface area contributed by atoms with Gasteiger partial charge in [0.05, 0.1) is 17.6 Å². The zero-order valence-electron chi connectivity index (χ0n) is 6.36. The van der Waals surface area contributed by atoms with Crippen LogP contribution >= 0.6 is 0 Å². The molecule has 5 heteroatoms. The van der Waals surface area contributed by atoms with E-state index in [9.17, 15) is 14.9 Å². The van der Waals surface area contributed by atoms with Gasteiger partial charge in [0.15, 0.2) is 0 Å². The predicted octanol–water partition coefficient (Wildman–Crippen LogP) is 0.730. The third-order valence-electron chi connectivity index (χ3n) is 0.901. The zero-order chi connectivity index (χ0) is 8.85. The van der Waals surface area contributed by atoms with E-state index in [0.29, 0.717) is 0 Å². The number of allylic oxidation sites excluding steroid dienone is 1. The normalized spacial score (nSPS) is 10.9. The molecule has 0 heterocycles. The van der Waals surface area contributed by atoms with Crippen molar-refractivity contribution < 1.29 is 14.5 Å². The van der Waals surface area contributed by atoms with Gasteiger partial charge in [-0.1, -0.05) is 0 Å². The number of nitro groups is 1. The summed E-state index contributed by atoms with van der Waals surface area (Å²) in [4.78, 5) is 19.9. The lowest BCUT2D eigenvalue weighted by Gasteiger charge is -1.93. The smallest absolute Gasteiger partial charge is 0.337 e. The van der Waals surface area contributed by atoms with Crippen molar-refractivity contribution >= 4 is 5.97 Å². The molecule has 0 saturated heterocycles. The minimum Gasteiger partial charge on any atom is -0.463 e. The second-order valence-electron chi connectivity index (χ2n) is 1.79. The lowest BCUT2D eigenvalue weighted by Crippen LogP contribution is -2.03. The SMILES string of the molecule is CCOC(=O)/C=C(/C)[N+](=O)[O-]. The maximum atomic E-state index is 10.6. The summed E-state index contributed by atoms with van der Waals surface area (Å²) in [7, 11) is 0. The number of hydrogen-bond donors (Lipinski definition) is 0. The van der Waals surface area contributed by atoms with Gasteiger partial charge < -0.3 is 4.74 Å². The molecule has 0 atom stereocenters. The van der Waals surface area contributed by atoms with Crippen LogP contribution in [0.2, 0.25) is 0 Å². The van der Waals surface area contributed by atoms with E-state index >= 15 is 0 Å². The number of esters is 1. The first kappa shape index (κ1) is 9.61. The zero-order valence-corrected chi connectivity index (χ0v) is 6.36.